The maximum atomic E-state index is 12.6. The van der Waals surface area contributed by atoms with Crippen LogP contribution in [0.1, 0.15) is 37.0 Å². The fraction of sp³-hybridized carbons (Fsp3) is 0.409. The minimum atomic E-state index is -0.445. The molecule has 3 rings (SSSR count). The molecule has 1 amide bonds. The first kappa shape index (κ1) is 18.5. The topological polar surface area (TPSA) is 49.8 Å². The Morgan fingerprint density at radius 2 is 1.77 bits per heavy atom. The molecule has 1 unspecified atom stereocenters. The summed E-state index contributed by atoms with van der Waals surface area (Å²) in [5.41, 5.74) is 1.97. The van der Waals surface area contributed by atoms with E-state index in [1.807, 2.05) is 66.4 Å². The normalized spacial score (nSPS) is 16.3. The largest absolute Gasteiger partial charge is 0.494 e. The molecule has 1 fully saturated rings. The Balaban J connectivity index is 1.50. The summed E-state index contributed by atoms with van der Waals surface area (Å²) < 4.78 is 5.43. The number of piperidine rings is 1. The molecule has 1 saturated heterocycles. The van der Waals surface area contributed by atoms with E-state index >= 15 is 0 Å². The van der Waals surface area contributed by atoms with Crippen LogP contribution < -0.4 is 4.74 Å². The van der Waals surface area contributed by atoms with Crippen molar-refractivity contribution in [1.29, 1.82) is 0 Å². The number of benzene rings is 2. The van der Waals surface area contributed by atoms with Gasteiger partial charge in [0.25, 0.3) is 0 Å². The van der Waals surface area contributed by atoms with Gasteiger partial charge in [-0.1, -0.05) is 42.5 Å². The van der Waals surface area contributed by atoms with Crippen LogP contribution in [0.25, 0.3) is 0 Å². The maximum Gasteiger partial charge on any atom is 0.226 e. The smallest absolute Gasteiger partial charge is 0.226 e. The molecule has 4 heteroatoms. The molecule has 0 aromatic heterocycles. The molecule has 0 aliphatic carbocycles. The first-order chi connectivity index (χ1) is 12.7. The number of amides is 1. The molecule has 1 aliphatic rings. The molecule has 0 saturated carbocycles. The highest BCUT2D eigenvalue weighted by molar-refractivity contribution is 5.78. The molecular weight excluding hydrogens is 326 g/mol. The van der Waals surface area contributed by atoms with Crippen LogP contribution in [0.15, 0.2) is 54.6 Å². The number of aliphatic hydroxyl groups excluding tert-OH is 1. The van der Waals surface area contributed by atoms with Crippen LogP contribution in [0, 0.1) is 5.92 Å². The number of ether oxygens (including phenoxy) is 1. The van der Waals surface area contributed by atoms with E-state index < -0.39 is 6.10 Å². The van der Waals surface area contributed by atoms with Crippen molar-refractivity contribution in [2.24, 2.45) is 5.92 Å². The summed E-state index contributed by atoms with van der Waals surface area (Å²) in [6.07, 6.45) is 1.65. The van der Waals surface area contributed by atoms with E-state index in [0.717, 1.165) is 29.7 Å². The molecule has 2 aromatic carbocycles. The molecule has 0 bridgehead atoms. The van der Waals surface area contributed by atoms with Crippen molar-refractivity contribution in [1.82, 2.24) is 4.90 Å². The van der Waals surface area contributed by atoms with Gasteiger partial charge in [0.05, 0.1) is 19.1 Å². The van der Waals surface area contributed by atoms with Crippen LogP contribution in [-0.2, 0) is 11.2 Å². The summed E-state index contributed by atoms with van der Waals surface area (Å²) in [5.74, 6) is 1.20. The molecule has 4 nitrogen and oxygen atoms in total. The first-order valence-corrected chi connectivity index (χ1v) is 9.40. The number of hydrogen-bond donors (Lipinski definition) is 1. The molecule has 0 spiro atoms. The number of nitrogens with zero attached hydrogens (tertiary/aromatic N) is 1. The van der Waals surface area contributed by atoms with Gasteiger partial charge in [0.15, 0.2) is 0 Å². The van der Waals surface area contributed by atoms with Gasteiger partial charge < -0.3 is 14.7 Å². The Hall–Kier alpha value is -2.33. The summed E-state index contributed by atoms with van der Waals surface area (Å²) in [7, 11) is 0. The van der Waals surface area contributed by atoms with Crippen molar-refractivity contribution in [3.8, 4) is 5.75 Å². The summed E-state index contributed by atoms with van der Waals surface area (Å²) in [6, 6.07) is 17.5. The zero-order valence-electron chi connectivity index (χ0n) is 15.3. The molecule has 1 aliphatic heterocycles. The quantitative estimate of drug-likeness (QED) is 0.863. The lowest BCUT2D eigenvalue weighted by atomic mass is 9.87. The number of hydrogen-bond acceptors (Lipinski definition) is 3. The molecule has 0 radical (unpaired) electrons. The van der Waals surface area contributed by atoms with Crippen LogP contribution in [0.3, 0.4) is 0 Å². The van der Waals surface area contributed by atoms with Crippen molar-refractivity contribution in [3.63, 3.8) is 0 Å². The monoisotopic (exact) mass is 353 g/mol. The zero-order chi connectivity index (χ0) is 18.4. The van der Waals surface area contributed by atoms with E-state index in [9.17, 15) is 9.90 Å². The lowest BCUT2D eigenvalue weighted by molar-refractivity contribution is -0.132. The van der Waals surface area contributed by atoms with E-state index in [-0.39, 0.29) is 11.8 Å². The van der Waals surface area contributed by atoms with Crippen LogP contribution in [0.4, 0.5) is 0 Å². The molecule has 1 atom stereocenters. The number of likely N-dealkylation sites (tertiary alicyclic amines) is 1. The van der Waals surface area contributed by atoms with Gasteiger partial charge in [0.1, 0.15) is 5.75 Å². The van der Waals surface area contributed by atoms with E-state index in [2.05, 4.69) is 0 Å². The second-order valence-corrected chi connectivity index (χ2v) is 6.83. The van der Waals surface area contributed by atoms with E-state index in [4.69, 9.17) is 4.74 Å². The number of aliphatic hydroxyl groups is 1. The zero-order valence-corrected chi connectivity index (χ0v) is 15.3. The third kappa shape index (κ3) is 4.64. The van der Waals surface area contributed by atoms with Crippen LogP contribution in [-0.4, -0.2) is 35.6 Å². The summed E-state index contributed by atoms with van der Waals surface area (Å²) in [6.45, 7) is 4.02. The Kier molecular flexibility index (Phi) is 6.29. The van der Waals surface area contributed by atoms with Crippen LogP contribution >= 0.6 is 0 Å². The Morgan fingerprint density at radius 1 is 1.12 bits per heavy atom. The van der Waals surface area contributed by atoms with Gasteiger partial charge in [-0.2, -0.15) is 0 Å². The molecule has 1 N–H and O–H groups in total. The third-order valence-electron chi connectivity index (χ3n) is 5.07. The van der Waals surface area contributed by atoms with Gasteiger partial charge >= 0.3 is 0 Å². The molecule has 1 heterocycles. The minimum Gasteiger partial charge on any atom is -0.494 e. The average molecular weight is 353 g/mol. The van der Waals surface area contributed by atoms with E-state index in [1.165, 1.54) is 0 Å². The minimum absolute atomic E-state index is 0.154. The predicted molar refractivity (Wildman–Crippen MR) is 102 cm³/mol. The van der Waals surface area contributed by atoms with Crippen LogP contribution in [0.2, 0.25) is 0 Å². The SMILES string of the molecule is CCOc1ccc(CC(=O)N2CCC(C(O)c3ccccc3)CC2)cc1. The molecule has 138 valence electrons. The van der Waals surface area contributed by atoms with Crippen molar-refractivity contribution in [2.45, 2.75) is 32.3 Å². The standard InChI is InChI=1S/C22H27NO3/c1-2-26-20-10-8-17(9-11-20)16-21(24)23-14-12-19(13-15-23)22(25)18-6-4-3-5-7-18/h3-11,19,22,25H,2,12-16H2,1H3. The molecular formula is C22H27NO3. The molecule has 26 heavy (non-hydrogen) atoms. The van der Waals surface area contributed by atoms with Crippen LogP contribution in [0.5, 0.6) is 5.75 Å². The third-order valence-corrected chi connectivity index (χ3v) is 5.07. The highest BCUT2D eigenvalue weighted by Gasteiger charge is 2.28. The summed E-state index contributed by atoms with van der Waals surface area (Å²) in [5, 5.41) is 10.6. The lowest BCUT2D eigenvalue weighted by Crippen LogP contribution is -2.40. The first-order valence-electron chi connectivity index (χ1n) is 9.40. The fourth-order valence-corrected chi connectivity index (χ4v) is 3.54. The van der Waals surface area contributed by atoms with Gasteiger partial charge in [-0.15, -0.1) is 0 Å². The second kappa shape index (κ2) is 8.86. The predicted octanol–water partition coefficient (Wildman–Crippen LogP) is 3.60. The van der Waals surface area contributed by atoms with Crippen molar-refractivity contribution in [3.05, 3.63) is 65.7 Å². The second-order valence-electron chi connectivity index (χ2n) is 6.83. The van der Waals surface area contributed by atoms with Gasteiger partial charge in [0, 0.05) is 13.1 Å². The highest BCUT2D eigenvalue weighted by atomic mass is 16.5. The highest BCUT2D eigenvalue weighted by Crippen LogP contribution is 2.30. The van der Waals surface area contributed by atoms with Crippen molar-refractivity contribution in [2.75, 3.05) is 19.7 Å². The number of carbonyl (C=O) groups excluding carboxylic acids is 1. The number of carbonyl (C=O) groups is 1. The summed E-state index contributed by atoms with van der Waals surface area (Å²) in [4.78, 5) is 14.5. The van der Waals surface area contributed by atoms with Gasteiger partial charge in [0.2, 0.25) is 5.91 Å². The fourth-order valence-electron chi connectivity index (χ4n) is 3.54. The van der Waals surface area contributed by atoms with E-state index in [1.54, 1.807) is 0 Å². The van der Waals surface area contributed by atoms with E-state index in [0.29, 0.717) is 26.1 Å². The molecule has 2 aromatic rings. The van der Waals surface area contributed by atoms with Gasteiger partial charge in [-0.3, -0.25) is 4.79 Å². The maximum absolute atomic E-state index is 12.6. The number of rotatable bonds is 6. The van der Waals surface area contributed by atoms with Crippen molar-refractivity contribution >= 4 is 5.91 Å². The van der Waals surface area contributed by atoms with Crippen molar-refractivity contribution < 1.29 is 14.6 Å². The summed E-state index contributed by atoms with van der Waals surface area (Å²) >= 11 is 0. The van der Waals surface area contributed by atoms with Gasteiger partial charge in [-0.05, 0) is 48.9 Å². The Labute approximate surface area is 155 Å². The van der Waals surface area contributed by atoms with Gasteiger partial charge in [-0.25, -0.2) is 0 Å². The Morgan fingerprint density at radius 3 is 2.38 bits per heavy atom. The lowest BCUT2D eigenvalue weighted by Gasteiger charge is -2.34. The average Bonchev–Trinajstić information content (AvgIpc) is 2.70. The Bertz CT molecular complexity index is 691.